The first-order chi connectivity index (χ1) is 34.9. The largest absolute Gasteiger partial charge is 0.264 e. The summed E-state index contributed by atoms with van der Waals surface area (Å²) >= 11 is 4.94. The fourth-order valence-electron chi connectivity index (χ4n) is 9.26. The monoisotopic (exact) mass is 989 g/mol. The summed E-state index contributed by atoms with van der Waals surface area (Å²) in [7, 11) is 0. The number of rotatable bonds is 17. The minimum atomic E-state index is -0.280. The van der Waals surface area contributed by atoms with Crippen molar-refractivity contribution < 1.29 is 9.36 Å². The Hall–Kier alpha value is -7.66. The molecule has 11 rings (SSSR count). The number of pyridine rings is 1. The zero-order valence-corrected chi connectivity index (χ0v) is 42.2. The van der Waals surface area contributed by atoms with Gasteiger partial charge >= 0.3 is 0 Å². The molecule has 71 heavy (non-hydrogen) atoms. The Bertz CT molecular complexity index is 3530. The summed E-state index contributed by atoms with van der Waals surface area (Å²) in [6.07, 6.45) is 13.6. The van der Waals surface area contributed by atoms with Crippen LogP contribution in [0.1, 0.15) is 103 Å². The first kappa shape index (κ1) is 45.8. The van der Waals surface area contributed by atoms with Gasteiger partial charge in [-0.3, -0.25) is 4.98 Å². The highest BCUT2D eigenvalue weighted by Gasteiger charge is 2.34. The molecule has 0 fully saturated rings. The van der Waals surface area contributed by atoms with E-state index in [0.29, 0.717) is 6.42 Å². The number of hydrogen-bond donors (Lipinski definition) is 0. The molecule has 3 atom stereocenters. The van der Waals surface area contributed by atoms with E-state index in [-0.39, 0.29) is 18.1 Å². The summed E-state index contributed by atoms with van der Waals surface area (Å²) in [6.45, 7) is 8.46. The van der Waals surface area contributed by atoms with E-state index in [4.69, 9.17) is 20.6 Å². The Balaban J connectivity index is 1.02. The number of unbranched alkanes of at least 4 members (excludes halogenated alkanes) is 1. The van der Waals surface area contributed by atoms with Gasteiger partial charge in [0.2, 0.25) is 0 Å². The average molecular weight is 990 g/mol. The highest BCUT2D eigenvalue weighted by molar-refractivity contribution is 7.10. The lowest BCUT2D eigenvalue weighted by atomic mass is 10.0. The summed E-state index contributed by atoms with van der Waals surface area (Å²) in [5.74, 6) is 0. The van der Waals surface area contributed by atoms with Crippen LogP contribution in [0, 0.1) is 20.8 Å². The van der Waals surface area contributed by atoms with E-state index in [1.165, 1.54) is 5.56 Å². The van der Waals surface area contributed by atoms with Gasteiger partial charge in [0.05, 0.1) is 64.9 Å². The molecule has 0 aliphatic heterocycles. The molecule has 0 saturated carbocycles. The molecule has 0 aliphatic carbocycles. The smallest absolute Gasteiger partial charge is 0.184 e. The van der Waals surface area contributed by atoms with Crippen LogP contribution in [0.3, 0.4) is 0 Å². The fourth-order valence-corrected chi connectivity index (χ4v) is 12.0. The lowest BCUT2D eigenvalue weighted by Crippen LogP contribution is -2.43. The van der Waals surface area contributed by atoms with Crippen molar-refractivity contribution in [2.24, 2.45) is 0 Å². The van der Waals surface area contributed by atoms with Crippen LogP contribution in [0.15, 0.2) is 169 Å². The second-order valence-corrected chi connectivity index (χ2v) is 20.3. The predicted molar refractivity (Wildman–Crippen MR) is 277 cm³/mol. The van der Waals surface area contributed by atoms with Crippen LogP contribution in [0.25, 0.3) is 22.6 Å². The Labute approximate surface area is 424 Å². The predicted octanol–water partition coefficient (Wildman–Crippen LogP) is 10.4. The molecule has 0 radical (unpaired) electrons. The van der Waals surface area contributed by atoms with Crippen LogP contribution in [-0.4, -0.2) is 54.7 Å². The quantitative estimate of drug-likeness (QED) is 0.0826. The zero-order valence-electron chi connectivity index (χ0n) is 39.8. The van der Waals surface area contributed by atoms with Crippen molar-refractivity contribution in [2.45, 2.75) is 71.5 Å². The number of hydrogen-bond acceptors (Lipinski definition) is 11. The first-order valence-corrected chi connectivity index (χ1v) is 26.4. The lowest BCUT2D eigenvalue weighted by Gasteiger charge is -2.17. The molecule has 0 saturated heterocycles. The zero-order chi connectivity index (χ0) is 48.3. The molecule has 352 valence electrons. The van der Waals surface area contributed by atoms with E-state index in [1.54, 1.807) is 40.2 Å². The third-order valence-corrected chi connectivity index (χ3v) is 15.8. The first-order valence-electron chi connectivity index (χ1n) is 23.7. The van der Waals surface area contributed by atoms with Crippen molar-refractivity contribution in [3.05, 3.63) is 234 Å². The van der Waals surface area contributed by atoms with Crippen LogP contribution < -0.4 is 9.36 Å². The summed E-state index contributed by atoms with van der Waals surface area (Å²) < 4.78 is 10.4. The van der Waals surface area contributed by atoms with Crippen molar-refractivity contribution in [1.29, 1.82) is 0 Å². The lowest BCUT2D eigenvalue weighted by molar-refractivity contribution is -0.761. The SMILES string of the molecule is CCCCc1c[n+](C(c2cccc(-n3n[n+](C(c4ccccc4)c4scnc4C)cc3Cc3ccccc3)c2)c2scnc2C)nn1-c1cccc(C(c2scnc2C)n2cc(-c3cccnc3)nn2)c1. The number of nitrogens with zero attached hydrogens (tertiary/aromatic N) is 13. The Morgan fingerprint density at radius 1 is 0.592 bits per heavy atom. The summed E-state index contributed by atoms with van der Waals surface area (Å²) in [5.41, 5.74) is 18.9. The molecule has 0 bridgehead atoms. The van der Waals surface area contributed by atoms with Gasteiger partial charge in [0, 0.05) is 41.9 Å². The minimum Gasteiger partial charge on any atom is -0.264 e. The van der Waals surface area contributed by atoms with Crippen molar-refractivity contribution in [3.8, 4) is 22.6 Å². The highest BCUT2D eigenvalue weighted by Crippen LogP contribution is 2.35. The molecule has 0 spiro atoms. The van der Waals surface area contributed by atoms with Gasteiger partial charge in [-0.25, -0.2) is 19.6 Å². The molecule has 0 aliphatic rings. The van der Waals surface area contributed by atoms with Gasteiger partial charge in [-0.05, 0) is 74.7 Å². The second kappa shape index (κ2) is 20.4. The number of aromatic nitrogens is 13. The van der Waals surface area contributed by atoms with E-state index in [2.05, 4.69) is 188 Å². The van der Waals surface area contributed by atoms with Gasteiger partial charge in [0.1, 0.15) is 11.7 Å². The topological polar surface area (TPSA) is 126 Å². The highest BCUT2D eigenvalue weighted by atomic mass is 32.1. The molecule has 3 unspecified atom stereocenters. The number of thiazole rings is 3. The van der Waals surface area contributed by atoms with Gasteiger partial charge in [0.25, 0.3) is 0 Å². The van der Waals surface area contributed by atoms with Gasteiger partial charge in [-0.1, -0.05) is 113 Å². The number of aryl methyl sites for hydroxylation is 4. The maximum atomic E-state index is 5.51. The third kappa shape index (κ3) is 9.41. The molecule has 7 heterocycles. The fraction of sp³-hybridized carbons (Fsp3) is 0.200. The van der Waals surface area contributed by atoms with Crippen LogP contribution in [0.5, 0.6) is 0 Å². The van der Waals surface area contributed by atoms with Gasteiger partial charge in [0.15, 0.2) is 47.2 Å². The van der Waals surface area contributed by atoms with E-state index in [9.17, 15) is 0 Å². The molecule has 0 N–H and O–H groups in total. The van der Waals surface area contributed by atoms with Crippen LogP contribution in [0.2, 0.25) is 0 Å². The third-order valence-electron chi connectivity index (χ3n) is 12.8. The molecule has 0 amide bonds. The molecule has 7 aromatic heterocycles. The van der Waals surface area contributed by atoms with Crippen molar-refractivity contribution in [1.82, 2.24) is 54.7 Å². The molecular formula is C55H51N13S3+2. The summed E-state index contributed by atoms with van der Waals surface area (Å²) in [4.78, 5) is 21.8. The van der Waals surface area contributed by atoms with E-state index in [1.807, 2.05) is 45.7 Å². The minimum absolute atomic E-state index is 0.156. The molecule has 4 aromatic carbocycles. The van der Waals surface area contributed by atoms with Crippen molar-refractivity contribution >= 4 is 34.0 Å². The van der Waals surface area contributed by atoms with Crippen LogP contribution in [0.4, 0.5) is 0 Å². The van der Waals surface area contributed by atoms with E-state index in [0.717, 1.165) is 102 Å². The standard InChI is InChI=1S/C55H51N13S3/c1-5-6-23-47-31-65(62-67(47)45-24-13-20-42(28-45)51(54-38(3)58-35-70-54)64-33-49(60-61-64)44-22-15-26-56-30-44)52(55-39(4)59-36-71-55)43-21-14-25-46(29-43)68-48(27-40-16-9-7-10-17-40)32-66(63-68)50(41-18-11-8-12-19-41)53-37(2)57-34-69-53/h7-22,24-26,28-36,50-52H,5-6,23,27H2,1-4H3/q+2. The Morgan fingerprint density at radius 2 is 1.17 bits per heavy atom. The second-order valence-electron chi connectivity index (χ2n) is 17.6. The van der Waals surface area contributed by atoms with Crippen molar-refractivity contribution in [3.63, 3.8) is 0 Å². The maximum Gasteiger partial charge on any atom is 0.184 e. The van der Waals surface area contributed by atoms with Crippen LogP contribution in [-0.2, 0) is 12.8 Å². The molecule has 16 heteroatoms. The van der Waals surface area contributed by atoms with Gasteiger partial charge < -0.3 is 0 Å². The average Bonchev–Trinajstić information content (AvgIpc) is 4.30. The summed E-state index contributed by atoms with van der Waals surface area (Å²) in [6, 6.07) is 41.8. The Kier molecular flexibility index (Phi) is 13.1. The Morgan fingerprint density at radius 3 is 1.79 bits per heavy atom. The van der Waals surface area contributed by atoms with Crippen LogP contribution >= 0.6 is 34.0 Å². The van der Waals surface area contributed by atoms with Gasteiger partial charge in [-0.15, -0.1) is 48.5 Å². The number of benzene rings is 4. The molecular weight excluding hydrogens is 939 g/mol. The van der Waals surface area contributed by atoms with Crippen molar-refractivity contribution in [2.75, 3.05) is 0 Å². The molecule has 13 nitrogen and oxygen atoms in total. The van der Waals surface area contributed by atoms with E-state index >= 15 is 0 Å². The normalized spacial score (nSPS) is 12.8. The van der Waals surface area contributed by atoms with Gasteiger partial charge in [-0.2, -0.15) is 0 Å². The molecule has 11 aromatic rings. The van der Waals surface area contributed by atoms with E-state index < -0.39 is 0 Å². The summed E-state index contributed by atoms with van der Waals surface area (Å²) in [5, 5.41) is 20.2. The maximum absolute atomic E-state index is 5.51.